The van der Waals surface area contributed by atoms with Crippen LogP contribution in [0.1, 0.15) is 49.0 Å². The largest absolute Gasteiger partial charge is 0.390 e. The van der Waals surface area contributed by atoms with Gasteiger partial charge in [-0.3, -0.25) is 14.6 Å². The number of hydrogen-bond donors (Lipinski definition) is 4. The minimum Gasteiger partial charge on any atom is -0.390 e. The van der Waals surface area contributed by atoms with Crippen LogP contribution in [-0.4, -0.2) is 44.8 Å². The molecule has 3 rings (SSSR count). The second kappa shape index (κ2) is 11.7. The van der Waals surface area contributed by atoms with E-state index in [9.17, 15) is 33.0 Å². The number of aliphatic hydroxyl groups excluding tert-OH is 1. The lowest BCUT2D eigenvalue weighted by Crippen LogP contribution is -2.52. The Morgan fingerprint density at radius 1 is 1.14 bits per heavy atom. The zero-order valence-corrected chi connectivity index (χ0v) is 20.5. The van der Waals surface area contributed by atoms with Crippen molar-refractivity contribution in [3.05, 3.63) is 77.2 Å². The lowest BCUT2D eigenvalue weighted by molar-refractivity contribution is -0.122. The highest BCUT2D eigenvalue weighted by Gasteiger charge is 2.30. The van der Waals surface area contributed by atoms with E-state index >= 15 is 0 Å². The first kappa shape index (κ1) is 28.1. The van der Waals surface area contributed by atoms with Crippen LogP contribution in [0.5, 0.6) is 0 Å². The first-order valence-corrected chi connectivity index (χ1v) is 11.8. The summed E-state index contributed by atoms with van der Waals surface area (Å²) >= 11 is 0. The van der Waals surface area contributed by atoms with Crippen molar-refractivity contribution in [2.24, 2.45) is 11.7 Å². The van der Waals surface area contributed by atoms with E-state index < -0.39 is 47.0 Å². The maximum atomic E-state index is 13.9. The van der Waals surface area contributed by atoms with Crippen molar-refractivity contribution in [1.29, 1.82) is 0 Å². The Hall–Kier alpha value is -3.50. The number of carbonyl (C=O) groups excluding carboxylic acids is 2. The van der Waals surface area contributed by atoms with Crippen LogP contribution < -0.4 is 11.1 Å². The van der Waals surface area contributed by atoms with E-state index in [-0.39, 0.29) is 28.8 Å². The van der Waals surface area contributed by atoms with Gasteiger partial charge in [-0.2, -0.15) is 0 Å². The summed E-state index contributed by atoms with van der Waals surface area (Å²) in [5, 5.41) is 23.6. The van der Waals surface area contributed by atoms with E-state index in [1.807, 2.05) is 0 Å². The molecule has 37 heavy (non-hydrogen) atoms. The Morgan fingerprint density at radius 2 is 1.86 bits per heavy atom. The zero-order valence-electron chi connectivity index (χ0n) is 20.5. The molecule has 1 aromatic heterocycles. The number of nitrogens with zero attached hydrogens (tertiary/aromatic N) is 1. The van der Waals surface area contributed by atoms with Crippen molar-refractivity contribution in [1.82, 2.24) is 10.3 Å². The van der Waals surface area contributed by atoms with Gasteiger partial charge < -0.3 is 21.3 Å². The smallest absolute Gasteiger partial charge is 0.253 e. The predicted molar refractivity (Wildman–Crippen MR) is 132 cm³/mol. The molecule has 0 radical (unpaired) electrons. The highest BCUT2D eigenvalue weighted by molar-refractivity contribution is 5.99. The van der Waals surface area contributed by atoms with E-state index in [4.69, 9.17) is 5.73 Å². The number of benzene rings is 2. The number of nitrogens with one attached hydrogen (secondary N) is 1. The Balaban J connectivity index is 1.76. The summed E-state index contributed by atoms with van der Waals surface area (Å²) in [7, 11) is 0. The molecule has 3 atom stereocenters. The molecule has 1 unspecified atom stereocenters. The van der Waals surface area contributed by atoms with Gasteiger partial charge in [0.15, 0.2) is 11.6 Å². The number of rotatable bonds is 11. The van der Waals surface area contributed by atoms with E-state index in [0.29, 0.717) is 24.8 Å². The summed E-state index contributed by atoms with van der Waals surface area (Å²) in [5.74, 6) is -4.68. The fourth-order valence-electron chi connectivity index (χ4n) is 4.18. The maximum Gasteiger partial charge on any atom is 0.253 e. The van der Waals surface area contributed by atoms with Crippen LogP contribution in [0.2, 0.25) is 0 Å². The highest BCUT2D eigenvalue weighted by Crippen LogP contribution is 2.25. The second-order valence-electron chi connectivity index (χ2n) is 9.86. The van der Waals surface area contributed by atoms with Crippen LogP contribution >= 0.6 is 0 Å². The van der Waals surface area contributed by atoms with E-state index in [1.165, 1.54) is 24.3 Å². The van der Waals surface area contributed by atoms with Gasteiger partial charge in [0.05, 0.1) is 17.3 Å². The summed E-state index contributed by atoms with van der Waals surface area (Å²) in [4.78, 5) is 28.8. The Bertz CT molecular complexity index is 1280. The number of primary amides is 1. The molecule has 0 saturated carbocycles. The van der Waals surface area contributed by atoms with Crippen molar-refractivity contribution in [2.75, 3.05) is 0 Å². The minimum atomic E-state index is -1.47. The monoisotopic (exact) mass is 517 g/mol. The third kappa shape index (κ3) is 7.74. The minimum absolute atomic E-state index is 0.0287. The third-order valence-corrected chi connectivity index (χ3v) is 6.14. The average molecular weight is 518 g/mol. The average Bonchev–Trinajstić information content (AvgIpc) is 2.82. The molecule has 198 valence electrons. The highest BCUT2D eigenvalue weighted by atomic mass is 19.2. The molecule has 7 nitrogen and oxygen atoms in total. The van der Waals surface area contributed by atoms with Gasteiger partial charge in [-0.05, 0) is 81.3 Å². The van der Waals surface area contributed by atoms with Crippen LogP contribution in [-0.2, 0) is 11.2 Å². The topological polar surface area (TPSA) is 126 Å². The summed E-state index contributed by atoms with van der Waals surface area (Å²) in [5.41, 5.74) is 4.87. The molecule has 2 aromatic carbocycles. The first-order chi connectivity index (χ1) is 17.3. The van der Waals surface area contributed by atoms with Crippen LogP contribution in [0.4, 0.5) is 13.2 Å². The van der Waals surface area contributed by atoms with Crippen LogP contribution in [0.25, 0.3) is 10.9 Å². The summed E-state index contributed by atoms with van der Waals surface area (Å²) in [6.07, 6.45) is 0.866. The Labute approximate surface area is 212 Å². The third-order valence-electron chi connectivity index (χ3n) is 6.14. The molecule has 0 spiro atoms. The van der Waals surface area contributed by atoms with Gasteiger partial charge in [0.2, 0.25) is 5.91 Å². The number of carbonyl (C=O) groups is 2. The SMILES string of the molecule is CC(C)(O)CC[C@H](Cc1cccc(F)c1)C[C@H](O)C(NC(=O)c1cnc2c(F)c(F)ccc2c1)C(N)=O. The molecule has 10 heteroatoms. The number of halogens is 3. The van der Waals surface area contributed by atoms with Gasteiger partial charge in [0.1, 0.15) is 17.4 Å². The molecule has 2 amide bonds. The number of nitrogens with two attached hydrogens (primary N) is 1. The van der Waals surface area contributed by atoms with Crippen molar-refractivity contribution in [2.45, 2.75) is 57.3 Å². The lowest BCUT2D eigenvalue weighted by atomic mass is 9.85. The fraction of sp³-hybridized carbons (Fsp3) is 0.370. The van der Waals surface area contributed by atoms with Crippen molar-refractivity contribution in [3.8, 4) is 0 Å². The van der Waals surface area contributed by atoms with Crippen molar-refractivity contribution in [3.63, 3.8) is 0 Å². The van der Waals surface area contributed by atoms with Gasteiger partial charge in [0.25, 0.3) is 5.91 Å². The number of amides is 2. The van der Waals surface area contributed by atoms with Gasteiger partial charge in [-0.1, -0.05) is 12.1 Å². The molecule has 5 N–H and O–H groups in total. The van der Waals surface area contributed by atoms with Crippen molar-refractivity contribution < 1.29 is 33.0 Å². The molecule has 3 aromatic rings. The summed E-state index contributed by atoms with van der Waals surface area (Å²) < 4.78 is 41.0. The molecule has 0 fully saturated rings. The molecule has 0 bridgehead atoms. The number of aromatic nitrogens is 1. The molecule has 1 heterocycles. The number of fused-ring (bicyclic) bond motifs is 1. The predicted octanol–water partition coefficient (Wildman–Crippen LogP) is 3.40. The normalized spacial score (nSPS) is 14.2. The maximum absolute atomic E-state index is 13.9. The van der Waals surface area contributed by atoms with E-state index in [1.54, 1.807) is 26.0 Å². The molecule has 0 saturated heterocycles. The van der Waals surface area contributed by atoms with E-state index in [0.717, 1.165) is 12.3 Å². The Morgan fingerprint density at radius 3 is 2.51 bits per heavy atom. The van der Waals surface area contributed by atoms with Gasteiger partial charge >= 0.3 is 0 Å². The molecular weight excluding hydrogens is 487 g/mol. The van der Waals surface area contributed by atoms with Crippen LogP contribution in [0, 0.1) is 23.4 Å². The Kier molecular flexibility index (Phi) is 8.88. The first-order valence-electron chi connectivity index (χ1n) is 11.8. The second-order valence-corrected chi connectivity index (χ2v) is 9.86. The van der Waals surface area contributed by atoms with Gasteiger partial charge in [0, 0.05) is 11.6 Å². The molecule has 0 aliphatic rings. The number of pyridine rings is 1. The molecule has 0 aliphatic heterocycles. The van der Waals surface area contributed by atoms with E-state index in [2.05, 4.69) is 10.3 Å². The molecular formula is C27H30F3N3O4. The summed E-state index contributed by atoms with van der Waals surface area (Å²) in [6.45, 7) is 3.29. The number of aliphatic hydroxyl groups is 2. The number of hydrogen-bond acceptors (Lipinski definition) is 5. The van der Waals surface area contributed by atoms with Gasteiger partial charge in [-0.15, -0.1) is 0 Å². The van der Waals surface area contributed by atoms with Crippen molar-refractivity contribution >= 4 is 22.7 Å². The van der Waals surface area contributed by atoms with Crippen LogP contribution in [0.3, 0.4) is 0 Å². The summed E-state index contributed by atoms with van der Waals surface area (Å²) in [6, 6.07) is 7.97. The standard InChI is InChI=1S/C27H30F3N3O4/c1-27(2,37)9-8-16(10-15-4-3-5-19(28)11-15)12-21(34)24(25(31)35)33-26(36)18-13-17-6-7-20(29)22(30)23(17)32-14-18/h3-7,11,13-14,16,21,24,34,37H,8-10,12H2,1-2H3,(H2,31,35)(H,33,36)/t16-,21+,24?/m1/s1. The van der Waals surface area contributed by atoms with Crippen LogP contribution in [0.15, 0.2) is 48.7 Å². The zero-order chi connectivity index (χ0) is 27.3. The fourth-order valence-corrected chi connectivity index (χ4v) is 4.18. The lowest BCUT2D eigenvalue weighted by Gasteiger charge is -2.27. The quantitative estimate of drug-likeness (QED) is 0.310. The molecule has 0 aliphatic carbocycles. The van der Waals surface area contributed by atoms with Gasteiger partial charge in [-0.25, -0.2) is 13.2 Å².